The third-order valence-corrected chi connectivity index (χ3v) is 4.28. The molecule has 0 bridgehead atoms. The largest absolute Gasteiger partial charge is 0.343 e. The van der Waals surface area contributed by atoms with E-state index in [-0.39, 0.29) is 18.4 Å². The van der Waals surface area contributed by atoms with Crippen LogP contribution in [0, 0.1) is 6.92 Å². The molecular formula is C18H20N2O2S. The van der Waals surface area contributed by atoms with Crippen molar-refractivity contribution in [2.24, 2.45) is 0 Å². The van der Waals surface area contributed by atoms with Crippen LogP contribution in [0.1, 0.15) is 20.8 Å². The van der Waals surface area contributed by atoms with Crippen LogP contribution in [0.2, 0.25) is 0 Å². The van der Waals surface area contributed by atoms with Gasteiger partial charge < -0.3 is 10.2 Å². The van der Waals surface area contributed by atoms with Crippen LogP contribution in [0.5, 0.6) is 0 Å². The van der Waals surface area contributed by atoms with Gasteiger partial charge in [-0.15, -0.1) is 17.9 Å². The number of hydrogen-bond donors (Lipinski definition) is 1. The smallest absolute Gasteiger partial charge is 0.251 e. The lowest BCUT2D eigenvalue weighted by atomic mass is 10.1. The van der Waals surface area contributed by atoms with Crippen molar-refractivity contribution in [3.05, 3.63) is 70.4 Å². The molecule has 2 rings (SSSR count). The predicted octanol–water partition coefficient (Wildman–Crippen LogP) is 3.00. The molecule has 2 aromatic rings. The second-order valence-electron chi connectivity index (χ2n) is 5.14. The Bertz CT molecular complexity index is 680. The van der Waals surface area contributed by atoms with Gasteiger partial charge >= 0.3 is 0 Å². The molecule has 5 heteroatoms. The maximum Gasteiger partial charge on any atom is 0.251 e. The van der Waals surface area contributed by atoms with Crippen molar-refractivity contribution in [2.75, 3.05) is 13.1 Å². The fourth-order valence-electron chi connectivity index (χ4n) is 2.19. The fraction of sp³-hybridized carbons (Fsp3) is 0.222. The topological polar surface area (TPSA) is 49.4 Å². The highest BCUT2D eigenvalue weighted by atomic mass is 32.1. The first-order valence-corrected chi connectivity index (χ1v) is 8.24. The van der Waals surface area contributed by atoms with Gasteiger partial charge in [-0.2, -0.15) is 0 Å². The first-order chi connectivity index (χ1) is 11.1. The number of carbonyl (C=O) groups excluding carboxylic acids is 2. The second kappa shape index (κ2) is 8.29. The van der Waals surface area contributed by atoms with E-state index in [1.807, 2.05) is 42.6 Å². The average molecular weight is 328 g/mol. The zero-order valence-corrected chi connectivity index (χ0v) is 13.9. The van der Waals surface area contributed by atoms with E-state index in [0.717, 1.165) is 10.4 Å². The monoisotopic (exact) mass is 328 g/mol. The van der Waals surface area contributed by atoms with Crippen LogP contribution in [0.25, 0.3) is 0 Å². The summed E-state index contributed by atoms with van der Waals surface area (Å²) < 4.78 is 0. The summed E-state index contributed by atoms with van der Waals surface area (Å²) in [7, 11) is 0. The Hall–Kier alpha value is -2.40. The number of nitrogens with zero attached hydrogens (tertiary/aromatic N) is 1. The Morgan fingerprint density at radius 3 is 2.70 bits per heavy atom. The molecule has 0 saturated heterocycles. The molecule has 1 heterocycles. The molecule has 1 aromatic carbocycles. The third-order valence-electron chi connectivity index (χ3n) is 3.42. The van der Waals surface area contributed by atoms with E-state index >= 15 is 0 Å². The van der Waals surface area contributed by atoms with Crippen LogP contribution in [-0.2, 0) is 11.3 Å². The number of hydrogen-bond acceptors (Lipinski definition) is 3. The van der Waals surface area contributed by atoms with E-state index < -0.39 is 0 Å². The number of nitrogens with one attached hydrogen (secondary N) is 1. The van der Waals surface area contributed by atoms with Crippen molar-refractivity contribution in [2.45, 2.75) is 13.5 Å². The van der Waals surface area contributed by atoms with Gasteiger partial charge in [0.15, 0.2) is 0 Å². The lowest BCUT2D eigenvalue weighted by molar-refractivity contribution is -0.130. The molecule has 1 aromatic heterocycles. The normalized spacial score (nSPS) is 10.1. The second-order valence-corrected chi connectivity index (χ2v) is 6.17. The number of thiophene rings is 1. The van der Waals surface area contributed by atoms with Gasteiger partial charge in [0.1, 0.15) is 0 Å². The Labute approximate surface area is 140 Å². The van der Waals surface area contributed by atoms with Crippen molar-refractivity contribution in [1.29, 1.82) is 0 Å². The van der Waals surface area contributed by atoms with Crippen LogP contribution >= 0.6 is 11.3 Å². The minimum Gasteiger partial charge on any atom is -0.343 e. The summed E-state index contributed by atoms with van der Waals surface area (Å²) in [5.41, 5.74) is 1.48. The van der Waals surface area contributed by atoms with E-state index in [9.17, 15) is 9.59 Å². The molecule has 0 saturated carbocycles. The summed E-state index contributed by atoms with van der Waals surface area (Å²) in [5, 5.41) is 4.68. The Kier molecular flexibility index (Phi) is 6.11. The highest BCUT2D eigenvalue weighted by Crippen LogP contribution is 2.12. The summed E-state index contributed by atoms with van der Waals surface area (Å²) in [6.07, 6.45) is 1.69. The van der Waals surface area contributed by atoms with Crippen molar-refractivity contribution >= 4 is 23.2 Å². The molecule has 120 valence electrons. The van der Waals surface area contributed by atoms with Crippen LogP contribution in [0.4, 0.5) is 0 Å². The molecule has 4 nitrogen and oxygen atoms in total. The van der Waals surface area contributed by atoms with Crippen LogP contribution < -0.4 is 5.32 Å². The molecule has 0 unspecified atom stereocenters. The number of benzene rings is 1. The average Bonchev–Trinajstić information content (AvgIpc) is 3.05. The van der Waals surface area contributed by atoms with Crippen LogP contribution in [-0.4, -0.2) is 29.8 Å². The quantitative estimate of drug-likeness (QED) is 0.794. The van der Waals surface area contributed by atoms with Crippen LogP contribution in [0.15, 0.2) is 54.4 Å². The fourth-order valence-corrected chi connectivity index (χ4v) is 2.91. The summed E-state index contributed by atoms with van der Waals surface area (Å²) in [5.74, 6) is -0.355. The van der Waals surface area contributed by atoms with Crippen molar-refractivity contribution in [3.63, 3.8) is 0 Å². The highest BCUT2D eigenvalue weighted by molar-refractivity contribution is 7.09. The molecule has 0 aliphatic carbocycles. The van der Waals surface area contributed by atoms with Gasteiger partial charge in [0.05, 0.1) is 13.1 Å². The van der Waals surface area contributed by atoms with Gasteiger partial charge in [0, 0.05) is 17.0 Å². The maximum absolute atomic E-state index is 12.3. The molecule has 0 spiro atoms. The number of amides is 2. The van der Waals surface area contributed by atoms with Gasteiger partial charge in [-0.1, -0.05) is 30.3 Å². The molecule has 0 fully saturated rings. The van der Waals surface area contributed by atoms with E-state index in [1.54, 1.807) is 28.4 Å². The van der Waals surface area contributed by atoms with Crippen molar-refractivity contribution < 1.29 is 9.59 Å². The van der Waals surface area contributed by atoms with E-state index in [0.29, 0.717) is 18.7 Å². The molecule has 0 aliphatic heterocycles. The first-order valence-electron chi connectivity index (χ1n) is 7.36. The van der Waals surface area contributed by atoms with Gasteiger partial charge in [-0.25, -0.2) is 0 Å². The number of aryl methyl sites for hydroxylation is 1. The molecular weight excluding hydrogens is 308 g/mol. The van der Waals surface area contributed by atoms with Gasteiger partial charge in [-0.05, 0) is 30.0 Å². The predicted molar refractivity (Wildman–Crippen MR) is 93.4 cm³/mol. The Balaban J connectivity index is 1.94. The third kappa shape index (κ3) is 4.79. The SMILES string of the molecule is C=CCN(Cc1cccs1)C(=O)CNC(=O)c1ccccc1C. The Morgan fingerprint density at radius 2 is 2.04 bits per heavy atom. The van der Waals surface area contributed by atoms with Gasteiger partial charge in [0.25, 0.3) is 5.91 Å². The zero-order valence-electron chi connectivity index (χ0n) is 13.1. The van der Waals surface area contributed by atoms with Gasteiger partial charge in [-0.3, -0.25) is 9.59 Å². The maximum atomic E-state index is 12.3. The molecule has 23 heavy (non-hydrogen) atoms. The minimum absolute atomic E-state index is 0.0214. The zero-order chi connectivity index (χ0) is 16.7. The van der Waals surface area contributed by atoms with Crippen LogP contribution in [0.3, 0.4) is 0 Å². The van der Waals surface area contributed by atoms with Crippen molar-refractivity contribution in [3.8, 4) is 0 Å². The van der Waals surface area contributed by atoms with E-state index in [4.69, 9.17) is 0 Å². The molecule has 0 radical (unpaired) electrons. The van der Waals surface area contributed by atoms with E-state index in [1.165, 1.54) is 0 Å². The molecule has 0 aliphatic rings. The summed E-state index contributed by atoms with van der Waals surface area (Å²) in [4.78, 5) is 27.3. The van der Waals surface area contributed by atoms with Crippen molar-refractivity contribution in [1.82, 2.24) is 10.2 Å². The lowest BCUT2D eigenvalue weighted by Gasteiger charge is -2.20. The number of carbonyl (C=O) groups is 2. The van der Waals surface area contributed by atoms with Gasteiger partial charge in [0.2, 0.25) is 5.91 Å². The molecule has 0 atom stereocenters. The molecule has 1 N–H and O–H groups in total. The Morgan fingerprint density at radius 1 is 1.26 bits per heavy atom. The number of rotatable bonds is 7. The van der Waals surface area contributed by atoms with E-state index in [2.05, 4.69) is 11.9 Å². The summed E-state index contributed by atoms with van der Waals surface area (Å²) in [6.45, 7) is 6.53. The first kappa shape index (κ1) is 17.0. The lowest BCUT2D eigenvalue weighted by Crippen LogP contribution is -2.40. The summed E-state index contributed by atoms with van der Waals surface area (Å²) >= 11 is 1.60. The molecule has 2 amide bonds. The summed E-state index contributed by atoms with van der Waals surface area (Å²) in [6, 6.07) is 11.3. The highest BCUT2D eigenvalue weighted by Gasteiger charge is 2.15. The standard InChI is InChI=1S/C18H20N2O2S/c1-3-10-20(13-15-8-6-11-23-15)17(21)12-19-18(22)16-9-5-4-7-14(16)2/h3-9,11H,1,10,12-13H2,2H3,(H,19,22). The minimum atomic E-state index is -0.230.